The van der Waals surface area contributed by atoms with E-state index in [1.165, 1.54) is 15.7 Å². The van der Waals surface area contributed by atoms with Gasteiger partial charge in [0.05, 0.1) is 0 Å². The molecule has 0 spiro atoms. The molecule has 0 aliphatic rings. The summed E-state index contributed by atoms with van der Waals surface area (Å²) < 4.78 is 28.7. The van der Waals surface area contributed by atoms with Gasteiger partial charge in [0.1, 0.15) is 0 Å². The smallest absolute Gasteiger partial charge is 0.260 e. The molecule has 0 aromatic carbocycles. The van der Waals surface area contributed by atoms with Crippen LogP contribution in [0.15, 0.2) is 34.1 Å². The van der Waals surface area contributed by atoms with Crippen LogP contribution in [-0.2, 0) is 16.4 Å². The molecule has 3 aromatic heterocycles. The molecule has 0 aliphatic heterocycles. The fourth-order valence-electron chi connectivity index (χ4n) is 1.88. The number of thiazole rings is 1. The van der Waals surface area contributed by atoms with Gasteiger partial charge >= 0.3 is 0 Å². The van der Waals surface area contributed by atoms with Crippen molar-refractivity contribution in [3.05, 3.63) is 34.0 Å². The van der Waals surface area contributed by atoms with E-state index in [4.69, 9.17) is 5.73 Å². The van der Waals surface area contributed by atoms with Crippen LogP contribution in [0.5, 0.6) is 0 Å². The van der Waals surface area contributed by atoms with Crippen molar-refractivity contribution in [2.75, 3.05) is 12.3 Å². The second-order valence-electron chi connectivity index (χ2n) is 4.08. The van der Waals surface area contributed by atoms with Crippen molar-refractivity contribution in [2.24, 2.45) is 0 Å². The molecule has 3 N–H and O–H groups in total. The third-order valence-electron chi connectivity index (χ3n) is 2.74. The summed E-state index contributed by atoms with van der Waals surface area (Å²) in [4.78, 5) is 5.74. The van der Waals surface area contributed by atoms with E-state index in [9.17, 15) is 8.42 Å². The van der Waals surface area contributed by atoms with E-state index < -0.39 is 10.0 Å². The Morgan fingerprint density at radius 1 is 1.35 bits per heavy atom. The topological polar surface area (TPSA) is 89.5 Å². The van der Waals surface area contributed by atoms with E-state index in [0.717, 1.165) is 4.88 Å². The number of rotatable bonds is 5. The summed E-state index contributed by atoms with van der Waals surface area (Å²) in [6.07, 6.45) is 2.31. The highest BCUT2D eigenvalue weighted by Crippen LogP contribution is 2.23. The summed E-state index contributed by atoms with van der Waals surface area (Å²) in [6.45, 7) is 0.333. The van der Waals surface area contributed by atoms with Crippen LogP contribution in [-0.4, -0.2) is 24.3 Å². The number of nitrogen functional groups attached to an aromatic ring is 1. The van der Waals surface area contributed by atoms with Gasteiger partial charge in [0.2, 0.25) is 0 Å². The first-order valence-corrected chi connectivity index (χ1v) is 9.05. The largest absolute Gasteiger partial charge is 0.381 e. The Morgan fingerprint density at radius 3 is 2.95 bits per heavy atom. The molecule has 3 heterocycles. The zero-order valence-electron chi connectivity index (χ0n) is 10.3. The number of aromatic nitrogens is 2. The minimum atomic E-state index is -3.66. The van der Waals surface area contributed by atoms with Crippen molar-refractivity contribution in [2.45, 2.75) is 11.4 Å². The van der Waals surface area contributed by atoms with Crippen LogP contribution in [0.3, 0.4) is 0 Å². The molecular weight excluding hydrogens is 316 g/mol. The third-order valence-corrected chi connectivity index (χ3v) is 5.93. The monoisotopic (exact) mass is 328 g/mol. The molecule has 0 aliphatic carbocycles. The van der Waals surface area contributed by atoms with Gasteiger partial charge in [0.15, 0.2) is 15.8 Å². The zero-order chi connectivity index (χ0) is 14.2. The Morgan fingerprint density at radius 2 is 2.20 bits per heavy atom. The Balaban J connectivity index is 1.81. The van der Waals surface area contributed by atoms with Crippen LogP contribution < -0.4 is 10.5 Å². The predicted molar refractivity (Wildman–Crippen MR) is 80.7 cm³/mol. The number of nitrogens with two attached hydrogens (primary N) is 1. The minimum Gasteiger partial charge on any atom is -0.381 e. The Bertz CT molecular complexity index is 817. The normalized spacial score (nSPS) is 12.2. The van der Waals surface area contributed by atoms with Gasteiger partial charge < -0.3 is 5.73 Å². The molecule has 3 rings (SSSR count). The van der Waals surface area contributed by atoms with Crippen molar-refractivity contribution >= 4 is 43.5 Å². The molecule has 0 unspecified atom stereocenters. The van der Waals surface area contributed by atoms with Gasteiger partial charge in [-0.25, -0.2) is 18.1 Å². The Labute approximate surface area is 123 Å². The molecule has 106 valence electrons. The minimum absolute atomic E-state index is 0.0138. The van der Waals surface area contributed by atoms with E-state index in [0.29, 0.717) is 17.9 Å². The number of hydrogen-bond donors (Lipinski definition) is 2. The molecule has 0 fully saturated rings. The quantitative estimate of drug-likeness (QED) is 0.744. The first-order valence-electron chi connectivity index (χ1n) is 5.81. The van der Waals surface area contributed by atoms with Crippen molar-refractivity contribution in [1.29, 1.82) is 0 Å². The van der Waals surface area contributed by atoms with Crippen LogP contribution in [0.4, 0.5) is 5.82 Å². The van der Waals surface area contributed by atoms with Crippen LogP contribution >= 0.6 is 22.7 Å². The summed E-state index contributed by atoms with van der Waals surface area (Å²) in [7, 11) is -3.66. The summed E-state index contributed by atoms with van der Waals surface area (Å²) in [5.74, 6) is 0.0282. The lowest BCUT2D eigenvalue weighted by molar-refractivity contribution is 0.577. The Kier molecular flexibility index (Phi) is 3.50. The Hall–Kier alpha value is -1.42. The molecule has 0 bridgehead atoms. The number of hydrogen-bond acceptors (Lipinski definition) is 6. The van der Waals surface area contributed by atoms with Gasteiger partial charge in [-0.1, -0.05) is 6.07 Å². The van der Waals surface area contributed by atoms with Crippen molar-refractivity contribution < 1.29 is 8.42 Å². The second-order valence-corrected chi connectivity index (χ2v) is 7.67. The average molecular weight is 328 g/mol. The highest BCUT2D eigenvalue weighted by atomic mass is 32.2. The maximum Gasteiger partial charge on any atom is 0.260 e. The van der Waals surface area contributed by atoms with Crippen LogP contribution in [0.25, 0.3) is 4.96 Å². The highest BCUT2D eigenvalue weighted by molar-refractivity contribution is 7.89. The number of fused-ring (bicyclic) bond motifs is 1. The van der Waals surface area contributed by atoms with E-state index >= 15 is 0 Å². The van der Waals surface area contributed by atoms with Gasteiger partial charge in [-0.15, -0.1) is 22.7 Å². The standard InChI is InChI=1S/C11H12N4O2S3/c12-9-10(15-5-7-19-11(15)14-9)20(16,17)13-4-3-8-2-1-6-18-8/h1-2,5-7,13H,3-4,12H2. The van der Waals surface area contributed by atoms with Gasteiger partial charge in [0.25, 0.3) is 10.0 Å². The highest BCUT2D eigenvalue weighted by Gasteiger charge is 2.23. The van der Waals surface area contributed by atoms with Gasteiger partial charge in [-0.05, 0) is 17.9 Å². The zero-order valence-corrected chi connectivity index (χ0v) is 12.8. The van der Waals surface area contributed by atoms with Gasteiger partial charge in [0, 0.05) is 23.0 Å². The third kappa shape index (κ3) is 2.44. The lowest BCUT2D eigenvalue weighted by Crippen LogP contribution is -2.27. The number of sulfonamides is 1. The number of nitrogens with zero attached hydrogens (tertiary/aromatic N) is 2. The van der Waals surface area contributed by atoms with Crippen LogP contribution in [0, 0.1) is 0 Å². The summed E-state index contributed by atoms with van der Waals surface area (Å²) in [6, 6.07) is 3.92. The molecule has 0 saturated heterocycles. The summed E-state index contributed by atoms with van der Waals surface area (Å²) >= 11 is 2.94. The number of imidazole rings is 1. The number of thiophene rings is 1. The molecule has 3 aromatic rings. The van der Waals surface area contributed by atoms with Crippen molar-refractivity contribution in [3.8, 4) is 0 Å². The maximum atomic E-state index is 12.3. The van der Waals surface area contributed by atoms with E-state index in [2.05, 4.69) is 9.71 Å². The molecule has 0 saturated carbocycles. The average Bonchev–Trinajstić information content (AvgIpc) is 3.04. The van der Waals surface area contributed by atoms with Gasteiger partial charge in [-0.2, -0.15) is 0 Å². The number of nitrogens with one attached hydrogen (secondary N) is 1. The predicted octanol–water partition coefficient (Wildman–Crippen LogP) is 1.56. The van der Waals surface area contributed by atoms with E-state index in [-0.39, 0.29) is 10.8 Å². The molecule has 6 nitrogen and oxygen atoms in total. The van der Waals surface area contributed by atoms with Crippen LogP contribution in [0.1, 0.15) is 4.88 Å². The van der Waals surface area contributed by atoms with Crippen LogP contribution in [0.2, 0.25) is 0 Å². The molecular formula is C11H12N4O2S3. The first-order chi connectivity index (χ1) is 9.58. The lowest BCUT2D eigenvalue weighted by atomic mass is 10.3. The van der Waals surface area contributed by atoms with E-state index in [1.54, 1.807) is 22.9 Å². The summed E-state index contributed by atoms with van der Waals surface area (Å²) in [5.41, 5.74) is 5.71. The number of anilines is 1. The van der Waals surface area contributed by atoms with Crippen molar-refractivity contribution in [1.82, 2.24) is 14.1 Å². The van der Waals surface area contributed by atoms with E-state index in [1.807, 2.05) is 17.5 Å². The summed E-state index contributed by atoms with van der Waals surface area (Å²) in [5, 5.41) is 3.75. The molecule has 9 heteroatoms. The van der Waals surface area contributed by atoms with Gasteiger partial charge in [-0.3, -0.25) is 4.40 Å². The fourth-order valence-corrected chi connectivity index (χ4v) is 4.60. The molecule has 0 atom stereocenters. The molecule has 0 radical (unpaired) electrons. The van der Waals surface area contributed by atoms with Crippen molar-refractivity contribution in [3.63, 3.8) is 0 Å². The lowest BCUT2D eigenvalue weighted by Gasteiger charge is -2.05. The molecule has 20 heavy (non-hydrogen) atoms. The SMILES string of the molecule is Nc1nc2sccn2c1S(=O)(=O)NCCc1cccs1. The fraction of sp³-hybridized carbons (Fsp3) is 0.182. The first kappa shape index (κ1) is 13.6. The molecule has 0 amide bonds. The second kappa shape index (κ2) is 5.17. The maximum absolute atomic E-state index is 12.3.